The summed E-state index contributed by atoms with van der Waals surface area (Å²) in [7, 11) is 1.29. The topological polar surface area (TPSA) is 80.7 Å². The van der Waals surface area contributed by atoms with Gasteiger partial charge in [-0.2, -0.15) is 0 Å². The molecule has 0 fully saturated rings. The van der Waals surface area contributed by atoms with E-state index in [0.717, 1.165) is 0 Å². The molecule has 0 radical (unpaired) electrons. The number of carboxylic acid groups (broad SMARTS) is 1. The lowest BCUT2D eigenvalue weighted by molar-refractivity contribution is -0.139. The van der Waals surface area contributed by atoms with Gasteiger partial charge in [-0.15, -0.1) is 0 Å². The maximum atomic E-state index is 11.3. The molecular weight excluding hydrogens is 260 g/mol. The highest BCUT2D eigenvalue weighted by atomic mass is 16.5. The molecule has 0 heterocycles. The van der Waals surface area contributed by atoms with Crippen LogP contribution in [0.1, 0.15) is 48.0 Å². The average molecular weight is 278 g/mol. The minimum Gasteiger partial charge on any atom is -0.481 e. The van der Waals surface area contributed by atoms with Crippen LogP contribution in [0.15, 0.2) is 24.3 Å². The van der Waals surface area contributed by atoms with Gasteiger partial charge in [0.25, 0.3) is 0 Å². The van der Waals surface area contributed by atoms with E-state index in [9.17, 15) is 19.5 Å². The molecule has 0 amide bonds. The van der Waals surface area contributed by atoms with E-state index in [1.807, 2.05) is 0 Å². The lowest BCUT2D eigenvalue weighted by Gasteiger charge is -2.12. The zero-order chi connectivity index (χ0) is 15.1. The van der Waals surface area contributed by atoms with E-state index >= 15 is 0 Å². The number of aliphatic carboxylic acids is 1. The van der Waals surface area contributed by atoms with Gasteiger partial charge < -0.3 is 14.6 Å². The summed E-state index contributed by atoms with van der Waals surface area (Å²) >= 11 is 0. The number of ether oxygens (including phenoxy) is 1. The molecule has 0 saturated heterocycles. The van der Waals surface area contributed by atoms with Crippen molar-refractivity contribution in [2.24, 2.45) is 0 Å². The average Bonchev–Trinajstić information content (AvgIpc) is 2.42. The summed E-state index contributed by atoms with van der Waals surface area (Å²) in [6.45, 7) is 1.49. The summed E-state index contributed by atoms with van der Waals surface area (Å²) in [6.07, 6.45) is 1.31. The molecule has 0 saturated carbocycles. The molecule has 0 aromatic heterocycles. The van der Waals surface area contributed by atoms with Gasteiger partial charge in [0.05, 0.1) is 18.6 Å². The van der Waals surface area contributed by atoms with Crippen molar-refractivity contribution in [1.82, 2.24) is 0 Å². The van der Waals surface area contributed by atoms with E-state index in [4.69, 9.17) is 0 Å². The Morgan fingerprint density at radius 2 is 1.80 bits per heavy atom. The van der Waals surface area contributed by atoms with Gasteiger partial charge in [-0.25, -0.2) is 4.79 Å². The van der Waals surface area contributed by atoms with Crippen LogP contribution in [-0.2, 0) is 14.3 Å². The van der Waals surface area contributed by atoms with E-state index in [1.165, 1.54) is 14.0 Å². The molecule has 1 N–H and O–H groups in total. The summed E-state index contributed by atoms with van der Waals surface area (Å²) < 4.78 is 4.58. The Kier molecular flexibility index (Phi) is 5.90. The first-order valence-electron chi connectivity index (χ1n) is 6.36. The van der Waals surface area contributed by atoms with Crippen LogP contribution in [0.2, 0.25) is 0 Å². The Bertz CT molecular complexity index is 489. The fraction of sp³-hybridized carbons (Fsp3) is 0.400. The van der Waals surface area contributed by atoms with Gasteiger partial charge in [0.15, 0.2) is 0 Å². The predicted molar refractivity (Wildman–Crippen MR) is 72.7 cm³/mol. The van der Waals surface area contributed by atoms with E-state index in [2.05, 4.69) is 4.74 Å². The maximum absolute atomic E-state index is 11.3. The number of Topliss-reactive ketones (excluding diaryl/α,β-unsaturated/α-hetero) is 1. The van der Waals surface area contributed by atoms with Crippen molar-refractivity contribution in [2.45, 2.75) is 32.1 Å². The molecule has 1 aromatic carbocycles. The molecule has 5 nitrogen and oxygen atoms in total. The first kappa shape index (κ1) is 15.9. The second-order valence-corrected chi connectivity index (χ2v) is 4.60. The minimum absolute atomic E-state index is 0.0511. The van der Waals surface area contributed by atoms with Crippen molar-refractivity contribution >= 4 is 17.7 Å². The van der Waals surface area contributed by atoms with Gasteiger partial charge in [-0.3, -0.25) is 4.79 Å². The van der Waals surface area contributed by atoms with Crippen LogP contribution < -0.4 is 0 Å². The van der Waals surface area contributed by atoms with Crippen LogP contribution in [0, 0.1) is 0 Å². The Labute approximate surface area is 117 Å². The molecule has 1 aromatic rings. The molecule has 1 rings (SSSR count). The molecular formula is C15H18O5. The number of esters is 1. The van der Waals surface area contributed by atoms with Gasteiger partial charge in [0.1, 0.15) is 5.78 Å². The first-order valence-corrected chi connectivity index (χ1v) is 6.36. The third-order valence-electron chi connectivity index (χ3n) is 3.05. The Morgan fingerprint density at radius 3 is 2.25 bits per heavy atom. The SMILES string of the molecule is COC(=O)c1ccc(C(CCCC(C)=O)C(=O)O)cc1. The molecule has 0 aliphatic carbocycles. The van der Waals surface area contributed by atoms with Crippen LogP contribution >= 0.6 is 0 Å². The largest absolute Gasteiger partial charge is 0.481 e. The molecule has 0 aliphatic rings. The standard InChI is InChI=1S/C15H18O5/c1-10(16)4-3-5-13(14(17)18)11-6-8-12(9-7-11)15(19)20-2/h6-9,13H,3-5H2,1-2H3,(H,17,18). The fourth-order valence-electron chi connectivity index (χ4n) is 1.96. The van der Waals surface area contributed by atoms with Gasteiger partial charge in [0, 0.05) is 6.42 Å². The molecule has 20 heavy (non-hydrogen) atoms. The van der Waals surface area contributed by atoms with Crippen LogP contribution in [-0.4, -0.2) is 29.9 Å². The van der Waals surface area contributed by atoms with Crippen molar-refractivity contribution in [1.29, 1.82) is 0 Å². The Balaban J connectivity index is 2.79. The normalized spacial score (nSPS) is 11.7. The zero-order valence-corrected chi connectivity index (χ0v) is 11.6. The molecule has 1 atom stereocenters. The van der Waals surface area contributed by atoms with E-state index in [1.54, 1.807) is 24.3 Å². The molecule has 1 unspecified atom stereocenters. The lowest BCUT2D eigenvalue weighted by atomic mass is 9.92. The second-order valence-electron chi connectivity index (χ2n) is 4.60. The highest BCUT2D eigenvalue weighted by Crippen LogP contribution is 2.23. The summed E-state index contributed by atoms with van der Waals surface area (Å²) in [5.74, 6) is -2.00. The summed E-state index contributed by atoms with van der Waals surface area (Å²) in [6, 6.07) is 6.31. The molecule has 0 aliphatic heterocycles. The van der Waals surface area contributed by atoms with Crippen LogP contribution in [0.5, 0.6) is 0 Å². The lowest BCUT2D eigenvalue weighted by Crippen LogP contribution is -2.12. The number of rotatable bonds is 7. The van der Waals surface area contributed by atoms with Crippen molar-refractivity contribution in [2.75, 3.05) is 7.11 Å². The number of carbonyl (C=O) groups is 3. The third-order valence-corrected chi connectivity index (χ3v) is 3.05. The quantitative estimate of drug-likeness (QED) is 0.774. The van der Waals surface area contributed by atoms with Crippen molar-refractivity contribution in [3.8, 4) is 0 Å². The summed E-state index contributed by atoms with van der Waals surface area (Å²) in [4.78, 5) is 33.5. The number of methoxy groups -OCH3 is 1. The summed E-state index contributed by atoms with van der Waals surface area (Å²) in [5.41, 5.74) is 0.998. The molecule has 0 spiro atoms. The second kappa shape index (κ2) is 7.43. The number of hydrogen-bond donors (Lipinski definition) is 1. The number of ketones is 1. The van der Waals surface area contributed by atoms with Crippen molar-refractivity contribution in [3.05, 3.63) is 35.4 Å². The highest BCUT2D eigenvalue weighted by molar-refractivity contribution is 5.89. The number of carboxylic acids is 1. The van der Waals surface area contributed by atoms with Gasteiger partial charge in [0.2, 0.25) is 0 Å². The van der Waals surface area contributed by atoms with E-state index in [0.29, 0.717) is 30.4 Å². The van der Waals surface area contributed by atoms with Gasteiger partial charge >= 0.3 is 11.9 Å². The van der Waals surface area contributed by atoms with Crippen LogP contribution in [0.4, 0.5) is 0 Å². The van der Waals surface area contributed by atoms with E-state index < -0.39 is 17.9 Å². The minimum atomic E-state index is -0.931. The fourth-order valence-corrected chi connectivity index (χ4v) is 1.96. The number of benzene rings is 1. The third kappa shape index (κ3) is 4.50. The molecule has 5 heteroatoms. The Hall–Kier alpha value is -2.17. The Morgan fingerprint density at radius 1 is 1.20 bits per heavy atom. The number of hydrogen-bond acceptors (Lipinski definition) is 4. The monoisotopic (exact) mass is 278 g/mol. The van der Waals surface area contributed by atoms with Gasteiger partial charge in [-0.05, 0) is 37.5 Å². The van der Waals surface area contributed by atoms with E-state index in [-0.39, 0.29) is 5.78 Å². The van der Waals surface area contributed by atoms with Crippen molar-refractivity contribution < 1.29 is 24.2 Å². The van der Waals surface area contributed by atoms with Crippen molar-refractivity contribution in [3.63, 3.8) is 0 Å². The molecule has 108 valence electrons. The van der Waals surface area contributed by atoms with Gasteiger partial charge in [-0.1, -0.05) is 12.1 Å². The molecule has 0 bridgehead atoms. The van der Waals surface area contributed by atoms with Crippen LogP contribution in [0.25, 0.3) is 0 Å². The first-order chi connectivity index (χ1) is 9.45. The smallest absolute Gasteiger partial charge is 0.337 e. The predicted octanol–water partition coefficient (Wildman–Crippen LogP) is 2.40. The number of carbonyl (C=O) groups excluding carboxylic acids is 2. The van der Waals surface area contributed by atoms with Crippen LogP contribution in [0.3, 0.4) is 0 Å². The maximum Gasteiger partial charge on any atom is 0.337 e. The zero-order valence-electron chi connectivity index (χ0n) is 11.6. The summed E-state index contributed by atoms with van der Waals surface area (Å²) in [5, 5.41) is 9.24. The highest BCUT2D eigenvalue weighted by Gasteiger charge is 2.20.